The van der Waals surface area contributed by atoms with Crippen LogP contribution in [0.5, 0.6) is 0 Å². The van der Waals surface area contributed by atoms with Crippen molar-refractivity contribution in [3.8, 4) is 0 Å². The highest BCUT2D eigenvalue weighted by molar-refractivity contribution is 7.98. The van der Waals surface area contributed by atoms with Crippen LogP contribution in [0.2, 0.25) is 0 Å². The van der Waals surface area contributed by atoms with Crippen molar-refractivity contribution < 1.29 is 14.3 Å². The molecule has 0 N–H and O–H groups in total. The number of hydrogen-bond donors (Lipinski definition) is 0. The summed E-state index contributed by atoms with van der Waals surface area (Å²) in [5.74, 6) is -0.773. The fourth-order valence-corrected chi connectivity index (χ4v) is 1.85. The predicted molar refractivity (Wildman–Crippen MR) is 68.9 cm³/mol. The lowest BCUT2D eigenvalue weighted by atomic mass is 10.2. The van der Waals surface area contributed by atoms with Crippen LogP contribution in [-0.2, 0) is 14.3 Å². The molecule has 4 heteroatoms. The molecule has 0 aliphatic rings. The van der Waals surface area contributed by atoms with E-state index in [-0.39, 0.29) is 12.2 Å². The van der Waals surface area contributed by atoms with Crippen LogP contribution in [0.15, 0.2) is 35.2 Å². The van der Waals surface area contributed by atoms with Gasteiger partial charge in [0.2, 0.25) is 0 Å². The van der Waals surface area contributed by atoms with Gasteiger partial charge in [0.25, 0.3) is 0 Å². The molecule has 0 aliphatic carbocycles. The summed E-state index contributed by atoms with van der Waals surface area (Å²) in [5.41, 5.74) is 0.971. The van der Waals surface area contributed by atoms with E-state index in [2.05, 4.69) is 4.74 Å². The zero-order valence-electron chi connectivity index (χ0n) is 9.80. The molecule has 0 saturated heterocycles. The van der Waals surface area contributed by atoms with Crippen LogP contribution in [0, 0.1) is 0 Å². The van der Waals surface area contributed by atoms with Crippen LogP contribution in [0.3, 0.4) is 0 Å². The molecule has 3 nitrogen and oxygen atoms in total. The number of rotatable bonds is 5. The Morgan fingerprint density at radius 1 is 1.35 bits per heavy atom. The van der Waals surface area contributed by atoms with Crippen LogP contribution >= 0.6 is 11.8 Å². The zero-order chi connectivity index (χ0) is 12.7. The minimum Gasteiger partial charge on any atom is -0.469 e. The van der Waals surface area contributed by atoms with Crippen LogP contribution in [-0.4, -0.2) is 25.1 Å². The van der Waals surface area contributed by atoms with E-state index in [0.29, 0.717) is 0 Å². The Morgan fingerprint density at radius 3 is 2.71 bits per heavy atom. The van der Waals surface area contributed by atoms with Gasteiger partial charge in [-0.15, -0.1) is 11.8 Å². The fourth-order valence-electron chi connectivity index (χ4n) is 1.26. The Bertz CT molecular complexity index is 438. The molecule has 0 aliphatic heterocycles. The van der Waals surface area contributed by atoms with Gasteiger partial charge in [-0.05, 0) is 24.0 Å². The van der Waals surface area contributed by atoms with Gasteiger partial charge in [-0.3, -0.25) is 9.59 Å². The Balaban J connectivity index is 2.70. The number of hydrogen-bond acceptors (Lipinski definition) is 4. The van der Waals surface area contributed by atoms with Gasteiger partial charge in [-0.2, -0.15) is 0 Å². The first-order valence-corrected chi connectivity index (χ1v) is 6.30. The molecule has 0 spiro atoms. The standard InChI is InChI=1S/C13H14O3S/c1-16-13(15)9-11(14)8-7-10-5-3-4-6-12(10)17-2/h3-8H,9H2,1-2H3. The largest absolute Gasteiger partial charge is 0.469 e. The molecule has 1 aromatic carbocycles. The average molecular weight is 250 g/mol. The van der Waals surface area contributed by atoms with Crippen LogP contribution < -0.4 is 0 Å². The molecule has 0 heterocycles. The molecule has 0 atom stereocenters. The Morgan fingerprint density at radius 2 is 2.06 bits per heavy atom. The lowest BCUT2D eigenvalue weighted by Gasteiger charge is -2.01. The minimum atomic E-state index is -0.516. The number of ketones is 1. The number of allylic oxidation sites excluding steroid dienone is 1. The molecular formula is C13H14O3S. The van der Waals surface area contributed by atoms with Crippen molar-refractivity contribution in [1.82, 2.24) is 0 Å². The smallest absolute Gasteiger partial charge is 0.313 e. The summed E-state index contributed by atoms with van der Waals surface area (Å²) >= 11 is 1.61. The highest BCUT2D eigenvalue weighted by atomic mass is 32.2. The van der Waals surface area contributed by atoms with Gasteiger partial charge < -0.3 is 4.74 Å². The van der Waals surface area contributed by atoms with Crippen molar-refractivity contribution in [2.75, 3.05) is 13.4 Å². The average Bonchev–Trinajstić information content (AvgIpc) is 2.36. The number of ether oxygens (including phenoxy) is 1. The molecule has 0 aromatic heterocycles. The lowest BCUT2D eigenvalue weighted by Crippen LogP contribution is -2.06. The Kier molecular flexibility index (Phi) is 5.49. The van der Waals surface area contributed by atoms with Crippen LogP contribution in [0.4, 0.5) is 0 Å². The third-order valence-electron chi connectivity index (χ3n) is 2.13. The summed E-state index contributed by atoms with van der Waals surface area (Å²) in [6.07, 6.45) is 4.89. The maximum atomic E-state index is 11.4. The molecule has 0 unspecified atom stereocenters. The summed E-state index contributed by atoms with van der Waals surface area (Å²) in [7, 11) is 1.27. The van der Waals surface area contributed by atoms with Gasteiger partial charge in [0.05, 0.1) is 7.11 Å². The van der Waals surface area contributed by atoms with Crippen molar-refractivity contribution in [3.05, 3.63) is 35.9 Å². The normalized spacial score (nSPS) is 10.5. The number of benzene rings is 1. The first kappa shape index (κ1) is 13.5. The first-order valence-electron chi connectivity index (χ1n) is 5.08. The highest BCUT2D eigenvalue weighted by Gasteiger charge is 2.06. The molecule has 0 radical (unpaired) electrons. The van der Waals surface area contributed by atoms with Gasteiger partial charge >= 0.3 is 5.97 Å². The van der Waals surface area contributed by atoms with Crippen molar-refractivity contribution in [1.29, 1.82) is 0 Å². The van der Waals surface area contributed by atoms with E-state index >= 15 is 0 Å². The van der Waals surface area contributed by atoms with E-state index in [1.165, 1.54) is 13.2 Å². The SMILES string of the molecule is COC(=O)CC(=O)C=Cc1ccccc1SC. The minimum absolute atomic E-state index is 0.214. The fraction of sp³-hybridized carbons (Fsp3) is 0.231. The summed E-state index contributed by atoms with van der Waals surface area (Å²) in [5, 5.41) is 0. The topological polar surface area (TPSA) is 43.4 Å². The molecule has 0 fully saturated rings. The van der Waals surface area contributed by atoms with E-state index in [0.717, 1.165) is 10.5 Å². The molecule has 1 rings (SSSR count). The summed E-state index contributed by atoms with van der Waals surface area (Å²) in [6.45, 7) is 0. The predicted octanol–water partition coefficient (Wildman–Crippen LogP) is 2.55. The van der Waals surface area contributed by atoms with Gasteiger partial charge in [0.1, 0.15) is 6.42 Å². The third kappa shape index (κ3) is 4.44. The van der Waals surface area contributed by atoms with Crippen molar-refractivity contribution >= 4 is 29.6 Å². The molecule has 0 bridgehead atoms. The van der Waals surface area contributed by atoms with Gasteiger partial charge in [-0.25, -0.2) is 0 Å². The molecule has 1 aromatic rings. The quantitative estimate of drug-likeness (QED) is 0.348. The zero-order valence-corrected chi connectivity index (χ0v) is 10.6. The third-order valence-corrected chi connectivity index (χ3v) is 2.95. The highest BCUT2D eigenvalue weighted by Crippen LogP contribution is 2.20. The molecule has 17 heavy (non-hydrogen) atoms. The maximum Gasteiger partial charge on any atom is 0.313 e. The van der Waals surface area contributed by atoms with Crippen molar-refractivity contribution in [2.45, 2.75) is 11.3 Å². The summed E-state index contributed by atoms with van der Waals surface area (Å²) in [6, 6.07) is 7.76. The summed E-state index contributed by atoms with van der Waals surface area (Å²) in [4.78, 5) is 23.4. The number of thioether (sulfide) groups is 1. The van der Waals surface area contributed by atoms with Crippen molar-refractivity contribution in [2.24, 2.45) is 0 Å². The maximum absolute atomic E-state index is 11.4. The van der Waals surface area contributed by atoms with E-state index in [1.807, 2.05) is 30.5 Å². The number of esters is 1. The number of carbonyl (C=O) groups is 2. The number of carbonyl (C=O) groups excluding carboxylic acids is 2. The second-order valence-electron chi connectivity index (χ2n) is 3.29. The molecule has 0 saturated carbocycles. The monoisotopic (exact) mass is 250 g/mol. The van der Waals surface area contributed by atoms with E-state index in [4.69, 9.17) is 0 Å². The Labute approximate surface area is 105 Å². The van der Waals surface area contributed by atoms with Crippen LogP contribution in [0.1, 0.15) is 12.0 Å². The first-order chi connectivity index (χ1) is 8.17. The van der Waals surface area contributed by atoms with E-state index < -0.39 is 5.97 Å². The summed E-state index contributed by atoms with van der Waals surface area (Å²) < 4.78 is 4.42. The second kappa shape index (κ2) is 6.91. The Hall–Kier alpha value is -1.55. The molecule has 90 valence electrons. The molecular weight excluding hydrogens is 236 g/mol. The van der Waals surface area contributed by atoms with Gasteiger partial charge in [0.15, 0.2) is 5.78 Å². The second-order valence-corrected chi connectivity index (χ2v) is 4.14. The van der Waals surface area contributed by atoms with Gasteiger partial charge in [0, 0.05) is 4.90 Å². The lowest BCUT2D eigenvalue weighted by molar-refractivity contribution is -0.142. The number of methoxy groups -OCH3 is 1. The van der Waals surface area contributed by atoms with Crippen molar-refractivity contribution in [3.63, 3.8) is 0 Å². The van der Waals surface area contributed by atoms with Gasteiger partial charge in [-0.1, -0.05) is 24.3 Å². The van der Waals surface area contributed by atoms with Crippen LogP contribution in [0.25, 0.3) is 6.08 Å². The van der Waals surface area contributed by atoms with E-state index in [1.54, 1.807) is 17.8 Å². The van der Waals surface area contributed by atoms with E-state index in [9.17, 15) is 9.59 Å². The molecule has 0 amide bonds.